The molecule has 2 aliphatic rings. The van der Waals surface area contributed by atoms with Crippen LogP contribution in [0.1, 0.15) is 30.5 Å². The zero-order valence-corrected chi connectivity index (χ0v) is 22.4. The number of likely N-dealkylation sites (tertiary alicyclic amines) is 1. The molecule has 0 saturated carbocycles. The van der Waals surface area contributed by atoms with Crippen molar-refractivity contribution in [2.24, 2.45) is 0 Å². The maximum atomic E-state index is 15.4. The van der Waals surface area contributed by atoms with Crippen LogP contribution in [0.25, 0.3) is 5.70 Å². The maximum Gasteiger partial charge on any atom is 0.428 e. The van der Waals surface area contributed by atoms with Crippen LogP contribution in [-0.4, -0.2) is 49.5 Å². The number of sulfone groups is 1. The average Bonchev–Trinajstić information content (AvgIpc) is 3.26. The van der Waals surface area contributed by atoms with Crippen molar-refractivity contribution in [2.45, 2.75) is 36.0 Å². The third-order valence-corrected chi connectivity index (χ3v) is 9.41. The number of benzene rings is 2. The second kappa shape index (κ2) is 9.07. The molecule has 1 saturated heterocycles. The van der Waals surface area contributed by atoms with Crippen LogP contribution < -0.4 is 5.48 Å². The van der Waals surface area contributed by atoms with Crippen molar-refractivity contribution in [1.29, 1.82) is 0 Å². The lowest BCUT2D eigenvalue weighted by molar-refractivity contribution is -0.269. The third kappa shape index (κ3) is 4.55. The van der Waals surface area contributed by atoms with Gasteiger partial charge < -0.3 is 4.90 Å². The summed E-state index contributed by atoms with van der Waals surface area (Å²) >= 11 is 11.4. The van der Waals surface area contributed by atoms with Crippen LogP contribution in [0.5, 0.6) is 0 Å². The molecular formula is C24H21Cl2F5N2O4S. The minimum Gasteiger partial charge on any atom is -0.334 e. The van der Waals surface area contributed by atoms with E-state index in [-0.39, 0.29) is 29.9 Å². The standard InChI is InChI=1S/C24H21Cl2F5N2O4S/c1-21(2,38(3,35)36)20(34)33-11-22(28,12-33)14-6-4-13(5-7-14)18-10-23(37-32-18,24(29,30)31)15-8-16(25)19(27)17(26)9-15/h4-10,32H,11-12H2,1-3H3. The number of rotatable bonds is 5. The van der Waals surface area contributed by atoms with E-state index < -0.39 is 59.4 Å². The van der Waals surface area contributed by atoms with Crippen molar-refractivity contribution in [1.82, 2.24) is 10.4 Å². The van der Waals surface area contributed by atoms with E-state index in [9.17, 15) is 30.8 Å². The molecule has 38 heavy (non-hydrogen) atoms. The van der Waals surface area contributed by atoms with E-state index >= 15 is 4.39 Å². The van der Waals surface area contributed by atoms with Gasteiger partial charge in [-0.2, -0.15) is 13.2 Å². The molecule has 14 heteroatoms. The number of nitrogens with zero attached hydrogens (tertiary/aromatic N) is 1. The van der Waals surface area contributed by atoms with Crippen molar-refractivity contribution in [2.75, 3.05) is 19.3 Å². The fourth-order valence-electron chi connectivity index (χ4n) is 4.13. The molecule has 0 radical (unpaired) electrons. The number of hydrogen-bond acceptors (Lipinski definition) is 5. The fraction of sp³-hybridized carbons (Fsp3) is 0.375. The Labute approximate surface area is 225 Å². The van der Waals surface area contributed by atoms with Crippen molar-refractivity contribution in [3.63, 3.8) is 0 Å². The molecule has 2 aromatic rings. The molecule has 4 rings (SSSR count). The lowest BCUT2D eigenvalue weighted by atomic mass is 9.86. The number of hydrogen-bond donors (Lipinski definition) is 1. The summed E-state index contributed by atoms with van der Waals surface area (Å²) in [6.45, 7) is 1.74. The van der Waals surface area contributed by atoms with E-state index in [1.807, 2.05) is 0 Å². The number of hydroxylamine groups is 1. The Bertz CT molecular complexity index is 1420. The Kier molecular flexibility index (Phi) is 6.83. The number of carbonyl (C=O) groups excluding carboxylic acids is 1. The molecule has 1 N–H and O–H groups in total. The summed E-state index contributed by atoms with van der Waals surface area (Å²) in [5.41, 5.74) is -3.07. The van der Waals surface area contributed by atoms with E-state index in [4.69, 9.17) is 28.0 Å². The summed E-state index contributed by atoms with van der Waals surface area (Å²) in [6.07, 6.45) is -3.34. The first-order chi connectivity index (χ1) is 17.3. The van der Waals surface area contributed by atoms with E-state index in [1.54, 1.807) is 0 Å². The summed E-state index contributed by atoms with van der Waals surface area (Å²) in [7, 11) is -3.74. The average molecular weight is 599 g/mol. The molecular weight excluding hydrogens is 578 g/mol. The van der Waals surface area contributed by atoms with E-state index in [0.29, 0.717) is 0 Å². The van der Waals surface area contributed by atoms with Crippen LogP contribution in [0.2, 0.25) is 10.0 Å². The maximum absolute atomic E-state index is 15.4. The summed E-state index contributed by atoms with van der Waals surface area (Å²) in [5.74, 6) is -1.80. The quantitative estimate of drug-likeness (QED) is 0.373. The molecule has 1 unspecified atom stereocenters. The minimum atomic E-state index is -5.00. The molecule has 2 heterocycles. The first-order valence-corrected chi connectivity index (χ1v) is 13.6. The third-order valence-electron chi connectivity index (χ3n) is 6.83. The molecule has 2 aliphatic heterocycles. The fourth-order valence-corrected chi connectivity index (χ4v) is 5.06. The summed E-state index contributed by atoms with van der Waals surface area (Å²) in [4.78, 5) is 18.6. The van der Waals surface area contributed by atoms with Crippen molar-refractivity contribution in [3.8, 4) is 0 Å². The summed E-state index contributed by atoms with van der Waals surface area (Å²) in [5, 5.41) is -1.24. The van der Waals surface area contributed by atoms with Crippen molar-refractivity contribution >= 4 is 44.6 Å². The topological polar surface area (TPSA) is 75.7 Å². The van der Waals surface area contributed by atoms with Gasteiger partial charge in [-0.1, -0.05) is 47.5 Å². The van der Waals surface area contributed by atoms with Gasteiger partial charge in [-0.3, -0.25) is 15.1 Å². The van der Waals surface area contributed by atoms with Crippen molar-refractivity contribution in [3.05, 3.63) is 75.0 Å². The normalized spacial score (nSPS) is 21.5. The van der Waals surface area contributed by atoms with Gasteiger partial charge in [0.05, 0.1) is 28.8 Å². The second-order valence-electron chi connectivity index (χ2n) is 9.74. The molecule has 2 aromatic carbocycles. The highest BCUT2D eigenvalue weighted by Crippen LogP contribution is 2.49. The number of alkyl halides is 4. The van der Waals surface area contributed by atoms with E-state index in [2.05, 4.69) is 5.48 Å². The Morgan fingerprint density at radius 3 is 2.05 bits per heavy atom. The number of carbonyl (C=O) groups is 1. The molecule has 0 bridgehead atoms. The molecule has 6 nitrogen and oxygen atoms in total. The number of nitrogens with one attached hydrogen (secondary N) is 1. The Balaban J connectivity index is 1.58. The van der Waals surface area contributed by atoms with Crippen LogP contribution >= 0.6 is 23.2 Å². The Hall–Kier alpha value is -2.41. The van der Waals surface area contributed by atoms with Crippen LogP contribution in [0.3, 0.4) is 0 Å². The zero-order chi connectivity index (χ0) is 28.5. The molecule has 1 fully saturated rings. The lowest BCUT2D eigenvalue weighted by Gasteiger charge is -2.47. The van der Waals surface area contributed by atoms with E-state index in [0.717, 1.165) is 29.4 Å². The lowest BCUT2D eigenvalue weighted by Crippen LogP contribution is -2.63. The largest absolute Gasteiger partial charge is 0.428 e. The monoisotopic (exact) mass is 598 g/mol. The van der Waals surface area contributed by atoms with Gasteiger partial charge >= 0.3 is 6.18 Å². The van der Waals surface area contributed by atoms with Gasteiger partial charge in [0.15, 0.2) is 21.3 Å². The van der Waals surface area contributed by atoms with Gasteiger partial charge in [0.25, 0.3) is 0 Å². The molecule has 0 spiro atoms. The highest BCUT2D eigenvalue weighted by Gasteiger charge is 2.60. The highest BCUT2D eigenvalue weighted by atomic mass is 35.5. The van der Waals surface area contributed by atoms with Gasteiger partial charge in [-0.15, -0.1) is 0 Å². The van der Waals surface area contributed by atoms with Crippen LogP contribution in [0.15, 0.2) is 42.5 Å². The van der Waals surface area contributed by atoms with Crippen LogP contribution in [-0.2, 0) is 30.7 Å². The van der Waals surface area contributed by atoms with Gasteiger partial charge in [-0.25, -0.2) is 17.2 Å². The first kappa shape index (κ1) is 28.6. The molecule has 0 aliphatic carbocycles. The molecule has 206 valence electrons. The van der Waals surface area contributed by atoms with Crippen molar-refractivity contribution < 1.29 is 40.0 Å². The smallest absolute Gasteiger partial charge is 0.334 e. The Morgan fingerprint density at radius 1 is 1.05 bits per heavy atom. The summed E-state index contributed by atoms with van der Waals surface area (Å²) in [6, 6.07) is 6.95. The number of amides is 1. The number of halogens is 7. The van der Waals surface area contributed by atoms with Crippen LogP contribution in [0, 0.1) is 5.82 Å². The highest BCUT2D eigenvalue weighted by molar-refractivity contribution is 7.92. The van der Waals surface area contributed by atoms with Gasteiger partial charge in [-0.05, 0) is 43.2 Å². The molecule has 0 aromatic heterocycles. The second-order valence-corrected chi connectivity index (χ2v) is 13.1. The first-order valence-electron chi connectivity index (χ1n) is 11.0. The summed E-state index contributed by atoms with van der Waals surface area (Å²) < 4.78 is 93.9. The van der Waals surface area contributed by atoms with E-state index in [1.165, 1.54) is 38.1 Å². The molecule has 1 amide bonds. The van der Waals surface area contributed by atoms with Gasteiger partial charge in [0, 0.05) is 11.8 Å². The van der Waals surface area contributed by atoms with Gasteiger partial charge in [0.1, 0.15) is 4.75 Å². The predicted molar refractivity (Wildman–Crippen MR) is 131 cm³/mol. The predicted octanol–water partition coefficient (Wildman–Crippen LogP) is 5.30. The zero-order valence-electron chi connectivity index (χ0n) is 20.1. The molecule has 1 atom stereocenters. The van der Waals surface area contributed by atoms with Crippen LogP contribution in [0.4, 0.5) is 22.0 Å². The van der Waals surface area contributed by atoms with Gasteiger partial charge in [0.2, 0.25) is 11.5 Å². The SMILES string of the molecule is CC(C)(C(=O)N1CC(F)(c2ccc(C3=CC(c4cc(Cl)c(F)c(Cl)c4)(C(F)(F)F)ON3)cc2)C1)S(C)(=O)=O. The Morgan fingerprint density at radius 2 is 1.58 bits per heavy atom. The minimum absolute atomic E-state index is 0.0985.